The summed E-state index contributed by atoms with van der Waals surface area (Å²) in [5.41, 5.74) is 3.86. The van der Waals surface area contributed by atoms with Crippen LogP contribution in [0.15, 0.2) is 42.7 Å². The van der Waals surface area contributed by atoms with E-state index < -0.39 is 0 Å². The van der Waals surface area contributed by atoms with E-state index in [4.69, 9.17) is 0 Å². The number of hydrogen-bond acceptors (Lipinski definition) is 4. The lowest BCUT2D eigenvalue weighted by molar-refractivity contribution is -0.118. The van der Waals surface area contributed by atoms with Crippen molar-refractivity contribution < 1.29 is 9.18 Å². The van der Waals surface area contributed by atoms with E-state index in [0.29, 0.717) is 30.5 Å². The second-order valence-corrected chi connectivity index (χ2v) is 8.09. The molecule has 4 rings (SSSR count). The molecule has 1 aliphatic rings. The van der Waals surface area contributed by atoms with Gasteiger partial charge < -0.3 is 15.0 Å². The van der Waals surface area contributed by atoms with Crippen LogP contribution >= 0.6 is 0 Å². The van der Waals surface area contributed by atoms with Gasteiger partial charge in [-0.2, -0.15) is 0 Å². The van der Waals surface area contributed by atoms with Gasteiger partial charge in [-0.1, -0.05) is 6.42 Å². The lowest BCUT2D eigenvalue weighted by Gasteiger charge is -2.32. The number of aryl methyl sites for hydroxylation is 1. The molecule has 1 atom stereocenters. The third-order valence-corrected chi connectivity index (χ3v) is 5.74. The fourth-order valence-corrected chi connectivity index (χ4v) is 3.97. The fraction of sp³-hybridized carbons (Fsp3) is 0.391. The highest BCUT2D eigenvalue weighted by atomic mass is 19.1. The number of imidazole rings is 1. The molecule has 7 heteroatoms. The third kappa shape index (κ3) is 4.62. The van der Waals surface area contributed by atoms with Gasteiger partial charge in [0.25, 0.3) is 0 Å². The highest BCUT2D eigenvalue weighted by molar-refractivity contribution is 5.92. The highest BCUT2D eigenvalue weighted by Gasteiger charge is 2.20. The summed E-state index contributed by atoms with van der Waals surface area (Å²) in [6.45, 7) is 5.91. The molecule has 6 nitrogen and oxygen atoms in total. The number of amides is 1. The van der Waals surface area contributed by atoms with Crippen LogP contribution in [0.25, 0.3) is 5.65 Å². The van der Waals surface area contributed by atoms with Crippen molar-refractivity contribution in [1.29, 1.82) is 0 Å². The molecule has 3 heterocycles. The molecule has 158 valence electrons. The van der Waals surface area contributed by atoms with Crippen molar-refractivity contribution >= 4 is 22.9 Å². The number of benzene rings is 1. The van der Waals surface area contributed by atoms with E-state index >= 15 is 0 Å². The number of carbonyl (C=O) groups excluding carboxylic acids is 1. The van der Waals surface area contributed by atoms with Gasteiger partial charge in [0, 0.05) is 17.9 Å². The predicted octanol–water partition coefficient (Wildman–Crippen LogP) is 4.21. The lowest BCUT2D eigenvalue weighted by atomic mass is 10.0. The molecule has 0 saturated carbocycles. The summed E-state index contributed by atoms with van der Waals surface area (Å²) in [5.74, 6) is -0.430. The number of likely N-dealkylation sites (tertiary alicyclic amines) is 1. The maximum Gasteiger partial charge on any atom is 0.238 e. The maximum atomic E-state index is 14.3. The van der Waals surface area contributed by atoms with Gasteiger partial charge >= 0.3 is 0 Å². The normalized spacial score (nSPS) is 17.2. The molecule has 0 spiro atoms. The van der Waals surface area contributed by atoms with Gasteiger partial charge in [-0.25, -0.2) is 9.37 Å². The van der Waals surface area contributed by atoms with E-state index in [1.54, 1.807) is 18.3 Å². The average Bonchev–Trinajstić information content (AvgIpc) is 3.12. The molecule has 1 amide bonds. The Balaban J connectivity index is 1.40. The van der Waals surface area contributed by atoms with Crippen molar-refractivity contribution in [3.8, 4) is 0 Å². The number of aromatic nitrogens is 2. The van der Waals surface area contributed by atoms with Gasteiger partial charge in [-0.3, -0.25) is 9.69 Å². The molecule has 3 aromatic rings. The Labute approximate surface area is 176 Å². The zero-order valence-electron chi connectivity index (χ0n) is 17.5. The topological polar surface area (TPSA) is 61.7 Å². The van der Waals surface area contributed by atoms with Crippen LogP contribution in [0.4, 0.5) is 15.8 Å². The summed E-state index contributed by atoms with van der Waals surface area (Å²) in [7, 11) is 0. The second-order valence-electron chi connectivity index (χ2n) is 8.09. The molecule has 1 aromatic carbocycles. The number of fused-ring (bicyclic) bond motifs is 1. The van der Waals surface area contributed by atoms with Crippen molar-refractivity contribution in [1.82, 2.24) is 14.3 Å². The summed E-state index contributed by atoms with van der Waals surface area (Å²) in [6, 6.07) is 9.04. The van der Waals surface area contributed by atoms with Crippen molar-refractivity contribution in [3.63, 3.8) is 0 Å². The molecule has 0 bridgehead atoms. The first-order chi connectivity index (χ1) is 14.5. The molecule has 1 aliphatic heterocycles. The molecule has 30 heavy (non-hydrogen) atoms. The largest absolute Gasteiger partial charge is 0.377 e. The van der Waals surface area contributed by atoms with Crippen LogP contribution < -0.4 is 10.6 Å². The van der Waals surface area contributed by atoms with Gasteiger partial charge in [0.2, 0.25) is 5.91 Å². The summed E-state index contributed by atoms with van der Waals surface area (Å²) in [4.78, 5) is 19.1. The van der Waals surface area contributed by atoms with Gasteiger partial charge in [-0.15, -0.1) is 0 Å². The van der Waals surface area contributed by atoms with Gasteiger partial charge in [0.15, 0.2) is 0 Å². The van der Waals surface area contributed by atoms with Gasteiger partial charge in [0.05, 0.1) is 30.7 Å². The predicted molar refractivity (Wildman–Crippen MR) is 117 cm³/mol. The average molecular weight is 410 g/mol. The quantitative estimate of drug-likeness (QED) is 0.640. The first-order valence-corrected chi connectivity index (χ1v) is 10.5. The number of hydrogen-bond donors (Lipinski definition) is 2. The van der Waals surface area contributed by atoms with Gasteiger partial charge in [-0.05, 0) is 69.1 Å². The standard InChI is InChI=1S/C23H28FN5O/c1-16-8-10-29-19(14-26-22(29)11-16)13-25-21-12-18(6-7-20(21)24)27-23(30)15-28-9-4-3-5-17(28)2/h6-8,10-12,14,17,25H,3-5,9,13,15H2,1-2H3,(H,27,30). The molecular formula is C23H28FN5O. The monoisotopic (exact) mass is 409 g/mol. The highest BCUT2D eigenvalue weighted by Crippen LogP contribution is 2.21. The minimum atomic E-state index is -0.359. The summed E-state index contributed by atoms with van der Waals surface area (Å²) in [5, 5.41) is 6.03. The SMILES string of the molecule is Cc1ccn2c(CNc3cc(NC(=O)CN4CCCCC4C)ccc3F)cnc2c1. The van der Waals surface area contributed by atoms with Crippen molar-refractivity contribution in [2.24, 2.45) is 0 Å². The second kappa shape index (κ2) is 8.83. The number of pyridine rings is 1. The van der Waals surface area contributed by atoms with E-state index in [1.165, 1.54) is 12.5 Å². The minimum Gasteiger partial charge on any atom is -0.377 e. The van der Waals surface area contributed by atoms with Crippen molar-refractivity contribution in [3.05, 3.63) is 59.8 Å². The Bertz CT molecular complexity index is 1050. The number of rotatable bonds is 6. The van der Waals surface area contributed by atoms with Crippen LogP contribution in [-0.2, 0) is 11.3 Å². The zero-order chi connectivity index (χ0) is 21.1. The Kier molecular flexibility index (Phi) is 5.99. The number of piperidine rings is 1. The number of nitrogens with one attached hydrogen (secondary N) is 2. The van der Waals surface area contributed by atoms with E-state index in [2.05, 4.69) is 27.4 Å². The Morgan fingerprint density at radius 3 is 2.97 bits per heavy atom. The number of nitrogens with zero attached hydrogens (tertiary/aromatic N) is 3. The van der Waals surface area contributed by atoms with Crippen molar-refractivity contribution in [2.45, 2.75) is 45.7 Å². The molecule has 1 saturated heterocycles. The van der Waals surface area contributed by atoms with Crippen LogP contribution in [-0.4, -0.2) is 39.3 Å². The Hall–Kier alpha value is -2.93. The minimum absolute atomic E-state index is 0.0709. The van der Waals surface area contributed by atoms with Gasteiger partial charge in [0.1, 0.15) is 11.5 Å². The van der Waals surface area contributed by atoms with E-state index in [0.717, 1.165) is 36.3 Å². The molecule has 0 aliphatic carbocycles. The van der Waals surface area contributed by atoms with E-state index in [-0.39, 0.29) is 11.7 Å². The fourth-order valence-electron chi connectivity index (χ4n) is 3.97. The number of halogens is 1. The maximum absolute atomic E-state index is 14.3. The third-order valence-electron chi connectivity index (χ3n) is 5.74. The molecule has 2 N–H and O–H groups in total. The zero-order valence-corrected chi connectivity index (χ0v) is 17.5. The van der Waals surface area contributed by atoms with Crippen LogP contribution in [0.3, 0.4) is 0 Å². The first-order valence-electron chi connectivity index (χ1n) is 10.5. The van der Waals surface area contributed by atoms with Crippen LogP contribution in [0.1, 0.15) is 37.4 Å². The lowest BCUT2D eigenvalue weighted by Crippen LogP contribution is -2.42. The van der Waals surface area contributed by atoms with E-state index in [1.807, 2.05) is 29.7 Å². The molecule has 1 unspecified atom stereocenters. The van der Waals surface area contributed by atoms with E-state index in [9.17, 15) is 9.18 Å². The molecule has 2 aromatic heterocycles. The first kappa shape index (κ1) is 20.3. The number of anilines is 2. The smallest absolute Gasteiger partial charge is 0.238 e. The van der Waals surface area contributed by atoms with Crippen LogP contribution in [0.5, 0.6) is 0 Å². The van der Waals surface area contributed by atoms with Crippen LogP contribution in [0.2, 0.25) is 0 Å². The summed E-state index contributed by atoms with van der Waals surface area (Å²) >= 11 is 0. The summed E-state index contributed by atoms with van der Waals surface area (Å²) in [6.07, 6.45) is 7.22. The molecular weight excluding hydrogens is 381 g/mol. The van der Waals surface area contributed by atoms with Crippen LogP contribution in [0, 0.1) is 12.7 Å². The number of carbonyl (C=O) groups is 1. The summed E-state index contributed by atoms with van der Waals surface area (Å²) < 4.78 is 16.3. The molecule has 1 fully saturated rings. The molecule has 0 radical (unpaired) electrons. The Morgan fingerprint density at radius 2 is 2.13 bits per heavy atom. The van der Waals surface area contributed by atoms with Crippen molar-refractivity contribution in [2.75, 3.05) is 23.7 Å². The Morgan fingerprint density at radius 1 is 1.27 bits per heavy atom.